The fourth-order valence-corrected chi connectivity index (χ4v) is 4.70. The zero-order valence-corrected chi connectivity index (χ0v) is 14.5. The van der Waals surface area contributed by atoms with Crippen molar-refractivity contribution in [3.8, 4) is 0 Å². The molecule has 0 saturated heterocycles. The van der Waals surface area contributed by atoms with E-state index in [0.29, 0.717) is 0 Å². The summed E-state index contributed by atoms with van der Waals surface area (Å²) < 4.78 is 0. The summed E-state index contributed by atoms with van der Waals surface area (Å²) in [6.45, 7) is 0. The van der Waals surface area contributed by atoms with Crippen LogP contribution in [0.2, 0.25) is 5.02 Å². The van der Waals surface area contributed by atoms with Crippen LogP contribution in [0.15, 0.2) is 53.4 Å². The molecular formula is C20H18ClNS. The number of para-hydroxylation sites is 1. The van der Waals surface area contributed by atoms with E-state index in [1.807, 2.05) is 23.9 Å². The van der Waals surface area contributed by atoms with E-state index in [4.69, 9.17) is 16.6 Å². The summed E-state index contributed by atoms with van der Waals surface area (Å²) >= 11 is 8.05. The van der Waals surface area contributed by atoms with Crippen LogP contribution in [-0.4, -0.2) is 4.98 Å². The maximum Gasteiger partial charge on any atom is 0.0716 e. The smallest absolute Gasteiger partial charge is 0.0716 e. The summed E-state index contributed by atoms with van der Waals surface area (Å²) in [6.07, 6.45) is 4.81. The molecule has 0 fully saturated rings. The Balaban J connectivity index is 1.75. The van der Waals surface area contributed by atoms with Gasteiger partial charge in [-0.15, -0.1) is 11.8 Å². The van der Waals surface area contributed by atoms with Crippen molar-refractivity contribution >= 4 is 34.3 Å². The quantitative estimate of drug-likeness (QED) is 0.538. The summed E-state index contributed by atoms with van der Waals surface area (Å²) in [5, 5.41) is 2.10. The van der Waals surface area contributed by atoms with Crippen molar-refractivity contribution in [2.24, 2.45) is 0 Å². The van der Waals surface area contributed by atoms with Gasteiger partial charge in [-0.1, -0.05) is 41.9 Å². The Morgan fingerprint density at radius 2 is 1.87 bits per heavy atom. The number of hydrogen-bond acceptors (Lipinski definition) is 2. The highest BCUT2D eigenvalue weighted by atomic mass is 35.5. The molecule has 3 heteroatoms. The van der Waals surface area contributed by atoms with Crippen molar-refractivity contribution in [1.82, 2.24) is 4.98 Å². The Bertz CT molecular complexity index is 859. The lowest BCUT2D eigenvalue weighted by Gasteiger charge is -2.20. The van der Waals surface area contributed by atoms with Gasteiger partial charge in [0.1, 0.15) is 0 Å². The monoisotopic (exact) mass is 339 g/mol. The van der Waals surface area contributed by atoms with Crippen LogP contribution in [0.4, 0.5) is 0 Å². The van der Waals surface area contributed by atoms with Gasteiger partial charge in [-0.2, -0.15) is 0 Å². The minimum Gasteiger partial charge on any atom is -0.252 e. The molecule has 116 valence electrons. The van der Waals surface area contributed by atoms with E-state index in [1.165, 1.54) is 39.9 Å². The third-order valence-electron chi connectivity index (χ3n) is 4.39. The first-order chi connectivity index (χ1) is 11.3. The van der Waals surface area contributed by atoms with Crippen molar-refractivity contribution in [1.29, 1.82) is 0 Å². The number of hydrogen-bond donors (Lipinski definition) is 0. The Kier molecular flexibility index (Phi) is 4.28. The minimum atomic E-state index is 0.810. The molecule has 1 heterocycles. The molecule has 0 bridgehead atoms. The number of aryl methyl sites for hydroxylation is 1. The lowest BCUT2D eigenvalue weighted by Crippen LogP contribution is -2.07. The highest BCUT2D eigenvalue weighted by molar-refractivity contribution is 7.98. The molecule has 3 aromatic rings. The maximum absolute atomic E-state index is 6.12. The lowest BCUT2D eigenvalue weighted by atomic mass is 9.94. The molecule has 0 unspecified atom stereocenters. The molecule has 0 spiro atoms. The molecule has 1 aliphatic rings. The molecule has 0 saturated carbocycles. The molecule has 23 heavy (non-hydrogen) atoms. The Morgan fingerprint density at radius 1 is 1.00 bits per heavy atom. The first-order valence-corrected chi connectivity index (χ1v) is 9.45. The fraction of sp³-hybridized carbons (Fsp3) is 0.250. The molecule has 4 rings (SSSR count). The van der Waals surface area contributed by atoms with Gasteiger partial charge < -0.3 is 0 Å². The molecule has 0 aliphatic heterocycles. The van der Waals surface area contributed by atoms with Gasteiger partial charge in [-0.05, 0) is 55.0 Å². The predicted molar refractivity (Wildman–Crippen MR) is 99.4 cm³/mol. The number of fused-ring (bicyclic) bond motifs is 2. The third-order valence-corrected chi connectivity index (χ3v) is 5.86. The van der Waals surface area contributed by atoms with Gasteiger partial charge in [-0.25, -0.2) is 0 Å². The minimum absolute atomic E-state index is 0.810. The van der Waals surface area contributed by atoms with Gasteiger partial charge >= 0.3 is 0 Å². The second-order valence-corrected chi connectivity index (χ2v) is 7.43. The normalized spacial score (nSPS) is 14.0. The SMILES string of the molecule is Clc1cccc(CSc2c3c(nc4ccccc24)CCCC3)c1. The Morgan fingerprint density at radius 3 is 2.78 bits per heavy atom. The van der Waals surface area contributed by atoms with Crippen LogP contribution in [0.3, 0.4) is 0 Å². The van der Waals surface area contributed by atoms with Gasteiger partial charge in [0.05, 0.1) is 5.52 Å². The van der Waals surface area contributed by atoms with Gasteiger partial charge in [-0.3, -0.25) is 4.98 Å². The average molecular weight is 340 g/mol. The molecule has 0 atom stereocenters. The van der Waals surface area contributed by atoms with Crippen LogP contribution in [0.5, 0.6) is 0 Å². The van der Waals surface area contributed by atoms with Crippen LogP contribution in [0.1, 0.15) is 29.7 Å². The molecule has 0 amide bonds. The fourth-order valence-electron chi connectivity index (χ4n) is 3.28. The van der Waals surface area contributed by atoms with E-state index in [1.54, 1.807) is 0 Å². The van der Waals surface area contributed by atoms with Gasteiger partial charge in [0.25, 0.3) is 0 Å². The summed E-state index contributed by atoms with van der Waals surface area (Å²) in [7, 11) is 0. The second kappa shape index (κ2) is 6.54. The zero-order chi connectivity index (χ0) is 15.6. The van der Waals surface area contributed by atoms with Crippen LogP contribution in [-0.2, 0) is 18.6 Å². The molecule has 2 aromatic carbocycles. The first kappa shape index (κ1) is 15.0. The van der Waals surface area contributed by atoms with Crippen LogP contribution in [0, 0.1) is 0 Å². The molecule has 1 aliphatic carbocycles. The molecule has 0 radical (unpaired) electrons. The summed E-state index contributed by atoms with van der Waals surface area (Å²) in [6, 6.07) is 16.7. The molecular weight excluding hydrogens is 322 g/mol. The topological polar surface area (TPSA) is 12.9 Å². The van der Waals surface area contributed by atoms with Gasteiger partial charge in [0, 0.05) is 26.8 Å². The first-order valence-electron chi connectivity index (χ1n) is 8.09. The molecule has 0 N–H and O–H groups in total. The molecule has 1 nitrogen and oxygen atoms in total. The second-order valence-electron chi connectivity index (χ2n) is 6.01. The van der Waals surface area contributed by atoms with E-state index < -0.39 is 0 Å². The summed E-state index contributed by atoms with van der Waals surface area (Å²) in [4.78, 5) is 6.33. The predicted octanol–water partition coefficient (Wildman–Crippen LogP) is 6.06. The number of rotatable bonds is 3. The van der Waals surface area contributed by atoms with Crippen molar-refractivity contribution in [2.75, 3.05) is 0 Å². The van der Waals surface area contributed by atoms with Gasteiger partial charge in [0.2, 0.25) is 0 Å². The largest absolute Gasteiger partial charge is 0.252 e. The number of pyridine rings is 1. The third kappa shape index (κ3) is 3.11. The number of nitrogens with zero attached hydrogens (tertiary/aromatic N) is 1. The van der Waals surface area contributed by atoms with Crippen molar-refractivity contribution in [3.05, 3.63) is 70.4 Å². The highest BCUT2D eigenvalue weighted by Gasteiger charge is 2.18. The Labute approximate surface area is 146 Å². The van der Waals surface area contributed by atoms with E-state index in [0.717, 1.165) is 29.1 Å². The van der Waals surface area contributed by atoms with Crippen molar-refractivity contribution in [3.63, 3.8) is 0 Å². The van der Waals surface area contributed by atoms with Crippen molar-refractivity contribution in [2.45, 2.75) is 36.3 Å². The number of thioether (sulfide) groups is 1. The van der Waals surface area contributed by atoms with E-state index in [-0.39, 0.29) is 0 Å². The number of halogens is 1. The van der Waals surface area contributed by atoms with Gasteiger partial charge in [0.15, 0.2) is 0 Å². The van der Waals surface area contributed by atoms with E-state index in [2.05, 4.69) is 36.4 Å². The van der Waals surface area contributed by atoms with Crippen LogP contribution in [0.25, 0.3) is 10.9 Å². The standard InChI is InChI=1S/C20H18ClNS/c21-15-7-5-6-14(12-15)13-23-20-16-8-1-3-10-18(16)22-19-11-4-2-9-17(19)20/h1,3,5-8,10,12H,2,4,9,11,13H2. The van der Waals surface area contributed by atoms with Crippen LogP contribution < -0.4 is 0 Å². The summed E-state index contributed by atoms with van der Waals surface area (Å²) in [5.41, 5.74) is 5.18. The summed E-state index contributed by atoms with van der Waals surface area (Å²) in [5.74, 6) is 0.945. The number of aromatic nitrogens is 1. The average Bonchev–Trinajstić information content (AvgIpc) is 2.58. The van der Waals surface area contributed by atoms with E-state index >= 15 is 0 Å². The maximum atomic E-state index is 6.12. The Hall–Kier alpha value is -1.51. The number of benzene rings is 2. The highest BCUT2D eigenvalue weighted by Crippen LogP contribution is 2.37. The lowest BCUT2D eigenvalue weighted by molar-refractivity contribution is 0.662. The van der Waals surface area contributed by atoms with Crippen molar-refractivity contribution < 1.29 is 0 Å². The van der Waals surface area contributed by atoms with Crippen LogP contribution >= 0.6 is 23.4 Å². The zero-order valence-electron chi connectivity index (χ0n) is 12.9. The van der Waals surface area contributed by atoms with E-state index in [9.17, 15) is 0 Å². The molecule has 1 aromatic heterocycles.